The maximum Gasteiger partial charge on any atom is 0.241 e. The molecule has 1 aliphatic heterocycles. The van der Waals surface area contributed by atoms with Crippen LogP contribution in [0.4, 0.5) is 0 Å². The third-order valence-electron chi connectivity index (χ3n) is 3.51. The van der Waals surface area contributed by atoms with Gasteiger partial charge in [0.2, 0.25) is 5.91 Å². The average Bonchev–Trinajstić information content (AvgIpc) is 2.50. The van der Waals surface area contributed by atoms with Crippen LogP contribution in [-0.4, -0.2) is 34.7 Å². The summed E-state index contributed by atoms with van der Waals surface area (Å²) in [6.45, 7) is 3.99. The van der Waals surface area contributed by atoms with E-state index >= 15 is 0 Å². The van der Waals surface area contributed by atoms with Crippen molar-refractivity contribution in [2.75, 3.05) is 7.05 Å². The standard InChI is InChI=1S/C13H16I2N2O2/c1-13(2)16-10(12(19)17(13)3)6-7-4-8(14)11(18)9(15)5-7/h4-5,10,16,18H,6H2,1-3H3/t10-/m0/s1. The van der Waals surface area contributed by atoms with Gasteiger partial charge in [0.05, 0.1) is 18.8 Å². The summed E-state index contributed by atoms with van der Waals surface area (Å²) < 4.78 is 1.63. The number of phenols is 1. The first-order valence-electron chi connectivity index (χ1n) is 5.94. The zero-order valence-corrected chi connectivity index (χ0v) is 15.3. The number of hydrogen-bond donors (Lipinski definition) is 2. The summed E-state index contributed by atoms with van der Waals surface area (Å²) in [6, 6.07) is 3.66. The summed E-state index contributed by atoms with van der Waals surface area (Å²) in [4.78, 5) is 13.9. The SMILES string of the molecule is CN1C(=O)[C@H](Cc2cc(I)c(O)c(I)c2)NC1(C)C. The Balaban J connectivity index is 2.21. The Morgan fingerprint density at radius 2 is 1.89 bits per heavy atom. The lowest BCUT2D eigenvalue weighted by molar-refractivity contribution is -0.129. The monoisotopic (exact) mass is 486 g/mol. The Labute approximate surface area is 140 Å². The number of carbonyl (C=O) groups is 1. The Bertz CT molecular complexity index is 508. The maximum atomic E-state index is 12.2. The van der Waals surface area contributed by atoms with Gasteiger partial charge in [0, 0.05) is 7.05 Å². The molecular formula is C13H16I2N2O2. The van der Waals surface area contributed by atoms with Crippen molar-refractivity contribution in [2.45, 2.75) is 32.0 Å². The van der Waals surface area contributed by atoms with Crippen LogP contribution in [0, 0.1) is 7.14 Å². The highest BCUT2D eigenvalue weighted by atomic mass is 127. The van der Waals surface area contributed by atoms with Gasteiger partial charge in [-0.1, -0.05) is 0 Å². The van der Waals surface area contributed by atoms with Crippen LogP contribution in [0.2, 0.25) is 0 Å². The normalized spacial score (nSPS) is 22.1. The molecule has 2 N–H and O–H groups in total. The molecule has 19 heavy (non-hydrogen) atoms. The highest BCUT2D eigenvalue weighted by Crippen LogP contribution is 2.29. The molecule has 0 saturated carbocycles. The number of amides is 1. The van der Waals surface area contributed by atoms with Gasteiger partial charge in [-0.15, -0.1) is 0 Å². The molecule has 1 heterocycles. The summed E-state index contributed by atoms with van der Waals surface area (Å²) in [5.74, 6) is 0.427. The number of carbonyl (C=O) groups excluding carboxylic acids is 1. The Morgan fingerprint density at radius 3 is 2.32 bits per heavy atom. The second-order valence-electron chi connectivity index (χ2n) is 5.27. The number of likely N-dealkylation sites (N-methyl/N-ethyl adjacent to an activating group) is 1. The van der Waals surface area contributed by atoms with Crippen molar-refractivity contribution in [3.63, 3.8) is 0 Å². The van der Waals surface area contributed by atoms with Gasteiger partial charge >= 0.3 is 0 Å². The molecular weight excluding hydrogens is 470 g/mol. The van der Waals surface area contributed by atoms with Gasteiger partial charge in [0.25, 0.3) is 0 Å². The van der Waals surface area contributed by atoms with Gasteiger partial charge in [-0.25, -0.2) is 0 Å². The Kier molecular flexibility index (Phi) is 4.32. The molecule has 0 aliphatic carbocycles. The Morgan fingerprint density at radius 1 is 1.37 bits per heavy atom. The van der Waals surface area contributed by atoms with Crippen molar-refractivity contribution in [1.29, 1.82) is 0 Å². The smallest absolute Gasteiger partial charge is 0.241 e. The van der Waals surface area contributed by atoms with E-state index in [1.807, 2.05) is 33.0 Å². The fourth-order valence-electron chi connectivity index (χ4n) is 2.20. The van der Waals surface area contributed by atoms with Crippen LogP contribution < -0.4 is 5.32 Å². The van der Waals surface area contributed by atoms with Crippen molar-refractivity contribution >= 4 is 51.1 Å². The van der Waals surface area contributed by atoms with Crippen LogP contribution in [0.3, 0.4) is 0 Å². The van der Waals surface area contributed by atoms with E-state index in [-0.39, 0.29) is 17.6 Å². The molecule has 0 aromatic heterocycles. The van der Waals surface area contributed by atoms with Crippen molar-refractivity contribution < 1.29 is 9.90 Å². The van der Waals surface area contributed by atoms with Gasteiger partial charge in [-0.3, -0.25) is 10.1 Å². The molecule has 4 nitrogen and oxygen atoms in total. The minimum Gasteiger partial charge on any atom is -0.506 e. The lowest BCUT2D eigenvalue weighted by atomic mass is 10.1. The van der Waals surface area contributed by atoms with E-state index in [1.54, 1.807) is 4.90 Å². The number of benzene rings is 1. The lowest BCUT2D eigenvalue weighted by Crippen LogP contribution is -2.45. The van der Waals surface area contributed by atoms with E-state index < -0.39 is 0 Å². The van der Waals surface area contributed by atoms with Crippen molar-refractivity contribution in [2.24, 2.45) is 0 Å². The number of nitrogens with zero attached hydrogens (tertiary/aromatic N) is 1. The number of aromatic hydroxyl groups is 1. The molecule has 104 valence electrons. The van der Waals surface area contributed by atoms with Gasteiger partial charge in [-0.2, -0.15) is 0 Å². The highest BCUT2D eigenvalue weighted by molar-refractivity contribution is 14.1. The molecule has 1 aromatic rings. The second-order valence-corrected chi connectivity index (χ2v) is 7.59. The fraction of sp³-hybridized carbons (Fsp3) is 0.462. The third kappa shape index (κ3) is 2.99. The number of hydrogen-bond acceptors (Lipinski definition) is 3. The van der Waals surface area contributed by atoms with Gasteiger partial charge in [0.15, 0.2) is 0 Å². The summed E-state index contributed by atoms with van der Waals surface area (Å²) in [5.41, 5.74) is 0.752. The molecule has 1 aromatic carbocycles. The number of phenolic OH excluding ortho intramolecular Hbond substituents is 1. The maximum absolute atomic E-state index is 12.2. The summed E-state index contributed by atoms with van der Waals surface area (Å²) >= 11 is 4.22. The second kappa shape index (κ2) is 5.36. The zero-order valence-electron chi connectivity index (χ0n) is 11.0. The van der Waals surface area contributed by atoms with Crippen LogP contribution in [0.25, 0.3) is 0 Å². The predicted molar refractivity (Wildman–Crippen MR) is 91.0 cm³/mol. The van der Waals surface area contributed by atoms with Crippen LogP contribution in [0.1, 0.15) is 19.4 Å². The summed E-state index contributed by atoms with van der Waals surface area (Å²) in [7, 11) is 1.82. The number of rotatable bonds is 2. The molecule has 0 bridgehead atoms. The molecule has 1 aliphatic rings. The van der Waals surface area contributed by atoms with E-state index in [2.05, 4.69) is 50.5 Å². The highest BCUT2D eigenvalue weighted by Gasteiger charge is 2.41. The van der Waals surface area contributed by atoms with E-state index in [9.17, 15) is 9.90 Å². The zero-order chi connectivity index (χ0) is 14.4. The molecule has 0 spiro atoms. The van der Waals surface area contributed by atoms with E-state index in [1.165, 1.54) is 0 Å². The molecule has 1 atom stereocenters. The summed E-state index contributed by atoms with van der Waals surface area (Å²) in [5, 5.41) is 13.1. The minimum absolute atomic E-state index is 0.114. The first-order chi connectivity index (χ1) is 8.72. The number of halogens is 2. The van der Waals surface area contributed by atoms with Crippen LogP contribution in [0.5, 0.6) is 5.75 Å². The van der Waals surface area contributed by atoms with Crippen LogP contribution in [-0.2, 0) is 11.2 Å². The molecule has 2 rings (SSSR count). The topological polar surface area (TPSA) is 52.6 Å². The van der Waals surface area contributed by atoms with Crippen molar-refractivity contribution in [3.05, 3.63) is 24.8 Å². The molecule has 1 fully saturated rings. The average molecular weight is 486 g/mol. The molecule has 1 saturated heterocycles. The Hall–Kier alpha value is -0.0900. The van der Waals surface area contributed by atoms with E-state index in [0.717, 1.165) is 12.7 Å². The lowest BCUT2D eigenvalue weighted by Gasteiger charge is -2.27. The molecule has 0 unspecified atom stereocenters. The minimum atomic E-state index is -0.307. The van der Waals surface area contributed by atoms with Crippen LogP contribution in [0.15, 0.2) is 12.1 Å². The summed E-state index contributed by atoms with van der Waals surface area (Å²) in [6.07, 6.45) is 0.638. The predicted octanol–water partition coefficient (Wildman–Crippen LogP) is 2.31. The van der Waals surface area contributed by atoms with Crippen LogP contribution >= 0.6 is 45.2 Å². The van der Waals surface area contributed by atoms with Gasteiger partial charge in [0.1, 0.15) is 5.75 Å². The largest absolute Gasteiger partial charge is 0.506 e. The molecule has 6 heteroatoms. The molecule has 0 radical (unpaired) electrons. The number of nitrogens with one attached hydrogen (secondary N) is 1. The van der Waals surface area contributed by atoms with Crippen molar-refractivity contribution in [1.82, 2.24) is 10.2 Å². The van der Waals surface area contributed by atoms with Gasteiger partial charge in [-0.05, 0) is 83.1 Å². The van der Waals surface area contributed by atoms with Crippen molar-refractivity contribution in [3.8, 4) is 5.75 Å². The van der Waals surface area contributed by atoms with E-state index in [0.29, 0.717) is 12.2 Å². The van der Waals surface area contributed by atoms with Gasteiger partial charge < -0.3 is 10.0 Å². The first kappa shape index (κ1) is 15.3. The molecule has 1 amide bonds. The third-order valence-corrected chi connectivity index (χ3v) is 5.16. The first-order valence-corrected chi connectivity index (χ1v) is 8.10. The van der Waals surface area contributed by atoms with E-state index in [4.69, 9.17) is 0 Å². The quantitative estimate of drug-likeness (QED) is 0.632. The fourth-order valence-corrected chi connectivity index (χ4v) is 4.10.